The molecule has 90 valence electrons. The van der Waals surface area contributed by atoms with Crippen molar-refractivity contribution < 1.29 is 15.0 Å². The molecule has 0 saturated carbocycles. The summed E-state index contributed by atoms with van der Waals surface area (Å²) >= 11 is 6.08. The zero-order chi connectivity index (χ0) is 12.6. The van der Waals surface area contributed by atoms with E-state index in [9.17, 15) is 9.90 Å². The molecule has 1 aromatic heterocycles. The Balaban J connectivity index is 2.52. The van der Waals surface area contributed by atoms with Crippen LogP contribution in [0.15, 0.2) is 24.4 Å². The highest BCUT2D eigenvalue weighted by Crippen LogP contribution is 2.32. The van der Waals surface area contributed by atoms with E-state index in [1.165, 1.54) is 0 Å². The molecule has 3 N–H and O–H groups in total. The van der Waals surface area contributed by atoms with E-state index in [4.69, 9.17) is 16.7 Å². The van der Waals surface area contributed by atoms with Gasteiger partial charge in [0.2, 0.25) is 0 Å². The lowest BCUT2D eigenvalue weighted by Crippen LogP contribution is -2.25. The molecule has 0 bridgehead atoms. The zero-order valence-electron chi connectivity index (χ0n) is 9.14. The van der Waals surface area contributed by atoms with E-state index in [2.05, 4.69) is 4.98 Å². The molecule has 2 atom stereocenters. The zero-order valence-corrected chi connectivity index (χ0v) is 9.90. The van der Waals surface area contributed by atoms with Crippen molar-refractivity contribution in [1.82, 2.24) is 4.98 Å². The van der Waals surface area contributed by atoms with Gasteiger partial charge in [-0.15, -0.1) is 0 Å². The number of benzene rings is 1. The van der Waals surface area contributed by atoms with E-state index in [1.807, 2.05) is 12.1 Å². The van der Waals surface area contributed by atoms with Crippen LogP contribution in [0.4, 0.5) is 0 Å². The first kappa shape index (κ1) is 12.0. The highest BCUT2D eigenvalue weighted by molar-refractivity contribution is 6.35. The van der Waals surface area contributed by atoms with Crippen LogP contribution in [-0.4, -0.2) is 27.3 Å². The minimum absolute atomic E-state index is 0.527. The van der Waals surface area contributed by atoms with Crippen LogP contribution in [0, 0.1) is 0 Å². The maximum absolute atomic E-state index is 10.8. The highest BCUT2D eigenvalue weighted by Gasteiger charge is 2.25. The maximum Gasteiger partial charge on any atom is 0.333 e. The molecule has 1 heterocycles. The van der Waals surface area contributed by atoms with Crippen molar-refractivity contribution in [2.75, 3.05) is 0 Å². The van der Waals surface area contributed by atoms with Gasteiger partial charge in [-0.25, -0.2) is 4.79 Å². The lowest BCUT2D eigenvalue weighted by atomic mass is 9.95. The second-order valence-electron chi connectivity index (χ2n) is 3.98. The first-order valence-electron chi connectivity index (χ1n) is 5.18. The quantitative estimate of drug-likeness (QED) is 0.786. The Hall–Kier alpha value is -1.52. The predicted octanol–water partition coefficient (Wildman–Crippen LogP) is 2.37. The Kier molecular flexibility index (Phi) is 3.09. The number of carboxylic acids is 1. The molecule has 0 aliphatic carbocycles. The molecule has 0 fully saturated rings. The monoisotopic (exact) mass is 253 g/mol. The minimum atomic E-state index is -1.44. The average Bonchev–Trinajstić information content (AvgIpc) is 2.72. The van der Waals surface area contributed by atoms with E-state index in [0.717, 1.165) is 10.9 Å². The number of halogens is 1. The fourth-order valence-electron chi connectivity index (χ4n) is 1.91. The fourth-order valence-corrected chi connectivity index (χ4v) is 2.19. The molecule has 1 aromatic carbocycles. The summed E-state index contributed by atoms with van der Waals surface area (Å²) in [6.45, 7) is 1.66. The van der Waals surface area contributed by atoms with Gasteiger partial charge in [0.25, 0.3) is 0 Å². The Morgan fingerprint density at radius 2 is 2.18 bits per heavy atom. The topological polar surface area (TPSA) is 73.3 Å². The van der Waals surface area contributed by atoms with Crippen molar-refractivity contribution in [3.63, 3.8) is 0 Å². The normalized spacial score (nSPS) is 14.8. The summed E-state index contributed by atoms with van der Waals surface area (Å²) in [5, 5.41) is 19.7. The van der Waals surface area contributed by atoms with Crippen molar-refractivity contribution in [2.45, 2.75) is 18.9 Å². The molecular weight excluding hydrogens is 242 g/mol. The number of nitrogens with one attached hydrogen (secondary N) is 1. The number of H-pyrrole nitrogens is 1. The van der Waals surface area contributed by atoms with Crippen LogP contribution in [0.5, 0.6) is 0 Å². The molecule has 5 heteroatoms. The minimum Gasteiger partial charge on any atom is -0.479 e. The fraction of sp³-hybridized carbons (Fsp3) is 0.250. The summed E-state index contributed by atoms with van der Waals surface area (Å²) in [5.41, 5.74) is 1.54. The number of aromatic amines is 1. The first-order valence-corrected chi connectivity index (χ1v) is 5.56. The van der Waals surface area contributed by atoms with Gasteiger partial charge in [0, 0.05) is 23.0 Å². The summed E-state index contributed by atoms with van der Waals surface area (Å²) < 4.78 is 0. The van der Waals surface area contributed by atoms with Crippen LogP contribution in [0.3, 0.4) is 0 Å². The van der Waals surface area contributed by atoms with Gasteiger partial charge in [-0.1, -0.05) is 24.6 Å². The van der Waals surface area contributed by atoms with E-state index in [0.29, 0.717) is 10.6 Å². The van der Waals surface area contributed by atoms with Crippen LogP contribution in [0.1, 0.15) is 18.4 Å². The third-order valence-electron chi connectivity index (χ3n) is 2.90. The molecule has 4 nitrogen and oxygen atoms in total. The molecule has 0 spiro atoms. The number of hydrogen-bond donors (Lipinski definition) is 3. The third kappa shape index (κ3) is 2.01. The molecule has 0 radical (unpaired) electrons. The average molecular weight is 254 g/mol. The summed E-state index contributed by atoms with van der Waals surface area (Å²) in [4.78, 5) is 13.8. The van der Waals surface area contributed by atoms with E-state index >= 15 is 0 Å². The number of hydrogen-bond acceptors (Lipinski definition) is 2. The third-order valence-corrected chi connectivity index (χ3v) is 3.22. The number of carboxylic acid groups (broad SMARTS) is 1. The summed E-state index contributed by atoms with van der Waals surface area (Å²) in [6.07, 6.45) is 0.248. The van der Waals surface area contributed by atoms with E-state index in [1.54, 1.807) is 19.2 Å². The Labute approximate surface area is 103 Å². The van der Waals surface area contributed by atoms with Crippen molar-refractivity contribution in [1.29, 1.82) is 0 Å². The predicted molar refractivity (Wildman–Crippen MR) is 65.4 cm³/mol. The van der Waals surface area contributed by atoms with E-state index in [-0.39, 0.29) is 0 Å². The molecule has 2 unspecified atom stereocenters. The van der Waals surface area contributed by atoms with Gasteiger partial charge in [0.15, 0.2) is 6.10 Å². The van der Waals surface area contributed by atoms with Gasteiger partial charge in [0.1, 0.15) is 0 Å². The second kappa shape index (κ2) is 4.39. The van der Waals surface area contributed by atoms with Crippen molar-refractivity contribution in [3.8, 4) is 0 Å². The summed E-state index contributed by atoms with van der Waals surface area (Å²) in [5.74, 6) is -1.76. The van der Waals surface area contributed by atoms with Gasteiger partial charge in [-0.2, -0.15) is 0 Å². The number of aliphatic hydroxyl groups is 1. The van der Waals surface area contributed by atoms with Crippen LogP contribution in [0.25, 0.3) is 10.9 Å². The van der Waals surface area contributed by atoms with Gasteiger partial charge in [-0.3, -0.25) is 0 Å². The SMILES string of the molecule is CC(c1c[nH]c2cccc(Cl)c12)C(O)C(=O)O. The van der Waals surface area contributed by atoms with Gasteiger partial charge in [0.05, 0.1) is 5.02 Å². The van der Waals surface area contributed by atoms with Crippen molar-refractivity contribution in [2.24, 2.45) is 0 Å². The Morgan fingerprint density at radius 3 is 2.82 bits per heavy atom. The molecule has 17 heavy (non-hydrogen) atoms. The summed E-state index contributed by atoms with van der Waals surface area (Å²) in [7, 11) is 0. The number of aliphatic hydroxyl groups excluding tert-OH is 1. The van der Waals surface area contributed by atoms with E-state index < -0.39 is 18.0 Å². The number of rotatable bonds is 3. The molecule has 0 saturated heterocycles. The van der Waals surface area contributed by atoms with Crippen LogP contribution in [-0.2, 0) is 4.79 Å². The second-order valence-corrected chi connectivity index (χ2v) is 4.39. The maximum atomic E-state index is 10.8. The number of carbonyl (C=O) groups is 1. The Morgan fingerprint density at radius 1 is 1.47 bits per heavy atom. The largest absolute Gasteiger partial charge is 0.479 e. The lowest BCUT2D eigenvalue weighted by molar-refractivity contribution is -0.147. The van der Waals surface area contributed by atoms with Gasteiger partial charge in [-0.05, 0) is 17.7 Å². The van der Waals surface area contributed by atoms with Gasteiger partial charge < -0.3 is 15.2 Å². The van der Waals surface area contributed by atoms with Crippen LogP contribution < -0.4 is 0 Å². The van der Waals surface area contributed by atoms with Crippen molar-refractivity contribution in [3.05, 3.63) is 35.0 Å². The molecule has 0 aliphatic rings. The van der Waals surface area contributed by atoms with Gasteiger partial charge >= 0.3 is 5.97 Å². The molecule has 2 rings (SSSR count). The number of aliphatic carboxylic acids is 1. The molecular formula is C12H12ClNO3. The summed E-state index contributed by atoms with van der Waals surface area (Å²) in [6, 6.07) is 5.40. The first-order chi connectivity index (χ1) is 8.02. The molecule has 0 amide bonds. The van der Waals surface area contributed by atoms with Crippen molar-refractivity contribution >= 4 is 28.5 Å². The molecule has 2 aromatic rings. The van der Waals surface area contributed by atoms with Crippen LogP contribution in [0.2, 0.25) is 5.02 Å². The number of aromatic nitrogens is 1. The number of fused-ring (bicyclic) bond motifs is 1. The smallest absolute Gasteiger partial charge is 0.333 e. The molecule has 0 aliphatic heterocycles. The lowest BCUT2D eigenvalue weighted by Gasteiger charge is -2.14. The standard InChI is InChI=1S/C12H12ClNO3/c1-6(11(15)12(16)17)7-5-14-9-4-2-3-8(13)10(7)9/h2-6,11,14-15H,1H3,(H,16,17). The highest BCUT2D eigenvalue weighted by atomic mass is 35.5. The van der Waals surface area contributed by atoms with Crippen LogP contribution >= 0.6 is 11.6 Å². The Bertz CT molecular complexity index is 564.